The molecule has 0 aromatic heterocycles. The molecule has 66 valence electrons. The number of aliphatic hydroxyl groups is 3. The fourth-order valence-corrected chi connectivity index (χ4v) is 1.11. The van der Waals surface area contributed by atoms with Crippen molar-refractivity contribution in [3.8, 4) is 0 Å². The molecule has 4 atom stereocenters. The van der Waals surface area contributed by atoms with Crippen molar-refractivity contribution in [3.63, 3.8) is 0 Å². The molecule has 1 heterocycles. The van der Waals surface area contributed by atoms with Gasteiger partial charge in [0, 0.05) is 6.54 Å². The molecular formula is C6H12FNO3. The SMILES string of the molecule is [2H]N1C[C@@H](O)[C@@H](O)[C@H]1[C@H](O)CF. The number of halogens is 1. The molecule has 1 rings (SSSR count). The molecule has 0 saturated carbocycles. The summed E-state index contributed by atoms with van der Waals surface area (Å²) in [6.07, 6.45) is -3.73. The van der Waals surface area contributed by atoms with E-state index in [1.165, 1.54) is 0 Å². The summed E-state index contributed by atoms with van der Waals surface area (Å²) in [5.41, 5.74) is 0. The molecule has 1 aliphatic heterocycles. The summed E-state index contributed by atoms with van der Waals surface area (Å²) >= 11 is 0. The van der Waals surface area contributed by atoms with Crippen molar-refractivity contribution in [1.82, 2.24) is 5.31 Å². The molecule has 4 nitrogen and oxygen atoms in total. The second kappa shape index (κ2) is 3.44. The first kappa shape index (κ1) is 7.42. The Kier molecular flexibility index (Phi) is 2.32. The van der Waals surface area contributed by atoms with Crippen molar-refractivity contribution >= 4 is 0 Å². The number of hydrogen-bond acceptors (Lipinski definition) is 4. The zero-order valence-corrected chi connectivity index (χ0v) is 5.89. The molecule has 4 N–H and O–H groups in total. The van der Waals surface area contributed by atoms with Gasteiger partial charge in [-0.1, -0.05) is 0 Å². The lowest BCUT2D eigenvalue weighted by atomic mass is 10.1. The zero-order valence-electron chi connectivity index (χ0n) is 6.89. The fraction of sp³-hybridized carbons (Fsp3) is 1.00. The van der Waals surface area contributed by atoms with Crippen LogP contribution in [0, 0.1) is 0 Å². The first-order chi connectivity index (χ1) is 5.57. The summed E-state index contributed by atoms with van der Waals surface area (Å²) in [6.45, 7) is -1.09. The first-order valence-corrected chi connectivity index (χ1v) is 3.43. The zero-order chi connectivity index (χ0) is 9.30. The maximum Gasteiger partial charge on any atom is 0.123 e. The van der Waals surface area contributed by atoms with Crippen LogP contribution in [-0.2, 0) is 0 Å². The van der Waals surface area contributed by atoms with E-state index in [9.17, 15) is 9.50 Å². The van der Waals surface area contributed by atoms with Crippen molar-refractivity contribution in [2.24, 2.45) is 0 Å². The van der Waals surface area contributed by atoms with Crippen LogP contribution in [0.3, 0.4) is 0 Å². The lowest BCUT2D eigenvalue weighted by Gasteiger charge is -2.19. The minimum atomic E-state index is -1.41. The van der Waals surface area contributed by atoms with Crippen LogP contribution in [-0.4, -0.2) is 52.9 Å². The maximum absolute atomic E-state index is 12.0. The molecule has 1 fully saturated rings. The van der Waals surface area contributed by atoms with Gasteiger partial charge in [0.05, 0.1) is 18.2 Å². The van der Waals surface area contributed by atoms with Gasteiger partial charge in [0.25, 0.3) is 0 Å². The van der Waals surface area contributed by atoms with Crippen molar-refractivity contribution in [2.45, 2.75) is 24.4 Å². The van der Waals surface area contributed by atoms with E-state index in [4.69, 9.17) is 11.6 Å². The molecular weight excluding hydrogens is 153 g/mol. The Bertz CT molecular complexity index is 158. The van der Waals surface area contributed by atoms with Crippen LogP contribution in [0.5, 0.6) is 0 Å². The number of β-amino-alcohol motifs (C(OH)–C–C–N with tert-alkyl or cyclic N) is 1. The van der Waals surface area contributed by atoms with E-state index in [1.54, 1.807) is 0 Å². The highest BCUT2D eigenvalue weighted by atomic mass is 19.1. The largest absolute Gasteiger partial charge is 0.389 e. The Morgan fingerprint density at radius 3 is 2.73 bits per heavy atom. The van der Waals surface area contributed by atoms with Crippen LogP contribution in [0.2, 0.25) is 1.41 Å². The second-order valence-corrected chi connectivity index (χ2v) is 2.64. The van der Waals surface area contributed by atoms with Crippen molar-refractivity contribution in [1.29, 1.82) is 0 Å². The predicted molar refractivity (Wildman–Crippen MR) is 35.8 cm³/mol. The van der Waals surface area contributed by atoms with Crippen molar-refractivity contribution in [3.05, 3.63) is 0 Å². The van der Waals surface area contributed by atoms with E-state index in [0.717, 1.165) is 5.31 Å². The molecule has 0 bridgehead atoms. The van der Waals surface area contributed by atoms with E-state index in [1.807, 2.05) is 0 Å². The van der Waals surface area contributed by atoms with E-state index in [-0.39, 0.29) is 6.54 Å². The van der Waals surface area contributed by atoms with Crippen molar-refractivity contribution < 1.29 is 21.1 Å². The quantitative estimate of drug-likeness (QED) is 0.383. The molecule has 0 aromatic rings. The van der Waals surface area contributed by atoms with Gasteiger partial charge in [-0.05, 0) is 0 Å². The van der Waals surface area contributed by atoms with Gasteiger partial charge < -0.3 is 20.6 Å². The third-order valence-corrected chi connectivity index (χ3v) is 1.80. The molecule has 0 radical (unpaired) electrons. The van der Waals surface area contributed by atoms with Gasteiger partial charge in [-0.15, -0.1) is 0 Å². The fourth-order valence-electron chi connectivity index (χ4n) is 1.11. The monoisotopic (exact) mass is 166 g/mol. The second-order valence-electron chi connectivity index (χ2n) is 2.64. The highest BCUT2D eigenvalue weighted by Gasteiger charge is 2.37. The topological polar surface area (TPSA) is 72.7 Å². The Morgan fingerprint density at radius 1 is 1.73 bits per heavy atom. The van der Waals surface area contributed by atoms with Crippen LogP contribution in [0.25, 0.3) is 0 Å². The van der Waals surface area contributed by atoms with Gasteiger partial charge in [-0.2, -0.15) is 0 Å². The van der Waals surface area contributed by atoms with Crippen LogP contribution >= 0.6 is 0 Å². The molecule has 0 unspecified atom stereocenters. The minimum absolute atomic E-state index is 0.0666. The Hall–Kier alpha value is -0.230. The molecule has 1 aliphatic rings. The summed E-state index contributed by atoms with van der Waals surface area (Å²) in [5, 5.41) is 28.0. The Morgan fingerprint density at radius 2 is 2.36 bits per heavy atom. The first-order valence-electron chi connectivity index (χ1n) is 3.88. The number of aliphatic hydroxyl groups excluding tert-OH is 3. The molecule has 0 aliphatic carbocycles. The van der Waals surface area contributed by atoms with Crippen LogP contribution in [0.15, 0.2) is 0 Å². The van der Waals surface area contributed by atoms with E-state index in [0.29, 0.717) is 0 Å². The standard InChI is InChI=1S/C6H12FNO3/c7-1-3(9)5-6(11)4(10)2-8-5/h3-6,8-11H,1-2H2/t3-,4-,5-,6-/m1/s1/i/hD. The van der Waals surface area contributed by atoms with Gasteiger partial charge in [0.1, 0.15) is 14.2 Å². The van der Waals surface area contributed by atoms with Gasteiger partial charge in [-0.25, -0.2) is 4.39 Å². The highest BCUT2D eigenvalue weighted by molar-refractivity contribution is 4.94. The Labute approximate surface area is 65.1 Å². The molecule has 0 amide bonds. The molecule has 1 saturated heterocycles. The van der Waals surface area contributed by atoms with Gasteiger partial charge in [-0.3, -0.25) is 0 Å². The van der Waals surface area contributed by atoms with Crippen molar-refractivity contribution in [2.75, 3.05) is 13.2 Å². The van der Waals surface area contributed by atoms with Crippen LogP contribution in [0.1, 0.15) is 0 Å². The highest BCUT2D eigenvalue weighted by Crippen LogP contribution is 2.11. The lowest BCUT2D eigenvalue weighted by molar-refractivity contribution is 0.000533. The molecule has 11 heavy (non-hydrogen) atoms. The lowest BCUT2D eigenvalue weighted by Crippen LogP contribution is -2.44. The molecule has 0 spiro atoms. The van der Waals surface area contributed by atoms with Crippen LogP contribution in [0.4, 0.5) is 4.39 Å². The normalized spacial score (nSPS) is 44.0. The van der Waals surface area contributed by atoms with E-state index in [2.05, 4.69) is 0 Å². The average molecular weight is 166 g/mol. The van der Waals surface area contributed by atoms with Gasteiger partial charge >= 0.3 is 0 Å². The number of hydrogen-bond donors (Lipinski definition) is 4. The number of rotatable bonds is 2. The minimum Gasteiger partial charge on any atom is -0.389 e. The van der Waals surface area contributed by atoms with Gasteiger partial charge in [0.15, 0.2) is 0 Å². The van der Waals surface area contributed by atoms with E-state index >= 15 is 0 Å². The average Bonchev–Trinajstić information content (AvgIpc) is 2.26. The smallest absolute Gasteiger partial charge is 0.123 e. The summed E-state index contributed by atoms with van der Waals surface area (Å²) in [6, 6.07) is -1.02. The molecule has 0 aromatic carbocycles. The third-order valence-electron chi connectivity index (χ3n) is 1.80. The van der Waals surface area contributed by atoms with Crippen LogP contribution < -0.4 is 5.31 Å². The summed E-state index contributed by atoms with van der Waals surface area (Å²) < 4.78 is 19.1. The summed E-state index contributed by atoms with van der Waals surface area (Å²) in [4.78, 5) is 0. The molecule has 5 heteroatoms. The number of nitrogens with one attached hydrogen (secondary N) is 1. The maximum atomic E-state index is 12.0. The van der Waals surface area contributed by atoms with E-state index < -0.39 is 31.0 Å². The summed E-state index contributed by atoms with van der Waals surface area (Å²) in [7, 11) is 0. The summed E-state index contributed by atoms with van der Waals surface area (Å²) in [5.74, 6) is 0. The Balaban J connectivity index is 2.62. The predicted octanol–water partition coefficient (Wildman–Crippen LogP) is -1.99. The number of alkyl halides is 1. The third kappa shape index (κ3) is 1.67. The van der Waals surface area contributed by atoms with Gasteiger partial charge in [0.2, 0.25) is 0 Å².